The van der Waals surface area contributed by atoms with Gasteiger partial charge in [-0.25, -0.2) is 10.2 Å². The summed E-state index contributed by atoms with van der Waals surface area (Å²) in [7, 11) is 3.48. The molecule has 1 rings (SSSR count). The van der Waals surface area contributed by atoms with Crippen molar-refractivity contribution < 1.29 is 4.79 Å². The van der Waals surface area contributed by atoms with Crippen LogP contribution in [0.15, 0.2) is 11.8 Å². The molecule has 0 saturated heterocycles. The number of nitrogens with zero attached hydrogens (tertiary/aromatic N) is 2. The minimum Gasteiger partial charge on any atom is -0.301 e. The average Bonchev–Trinajstić information content (AvgIpc) is 2.07. The predicted molar refractivity (Wildman–Crippen MR) is 42.7 cm³/mol. The zero-order valence-corrected chi connectivity index (χ0v) is 7.09. The van der Waals surface area contributed by atoms with Gasteiger partial charge < -0.3 is 4.90 Å². The van der Waals surface area contributed by atoms with Crippen LogP contribution in [0.5, 0.6) is 0 Å². The molecule has 1 N–H and O–H groups in total. The van der Waals surface area contributed by atoms with E-state index in [1.54, 1.807) is 19.0 Å². The molecule has 11 heavy (non-hydrogen) atoms. The van der Waals surface area contributed by atoms with Gasteiger partial charge in [-0.3, -0.25) is 5.01 Å². The van der Waals surface area contributed by atoms with Crippen LogP contribution in [-0.2, 0) is 0 Å². The highest BCUT2D eigenvalue weighted by atomic mass is 16.2. The molecule has 0 spiro atoms. The highest BCUT2D eigenvalue weighted by molar-refractivity contribution is 5.75. The van der Waals surface area contributed by atoms with Gasteiger partial charge in [0.05, 0.1) is 0 Å². The second kappa shape index (κ2) is 2.92. The molecule has 1 aliphatic heterocycles. The number of carbonyl (C=O) groups is 1. The van der Waals surface area contributed by atoms with Gasteiger partial charge in [-0.05, 0) is 13.0 Å². The normalized spacial score (nSPS) is 19.9. The molecule has 2 amide bonds. The minimum absolute atomic E-state index is 0.0312. The van der Waals surface area contributed by atoms with Gasteiger partial charge in [0.15, 0.2) is 0 Å². The quantitative estimate of drug-likeness (QED) is 0.549. The largest absolute Gasteiger partial charge is 0.338 e. The number of carbonyl (C=O) groups excluding carboxylic acids is 1. The molecular weight excluding hydrogens is 142 g/mol. The van der Waals surface area contributed by atoms with E-state index in [2.05, 4.69) is 5.43 Å². The summed E-state index contributed by atoms with van der Waals surface area (Å²) in [6.07, 6.45) is 1.97. The van der Waals surface area contributed by atoms with Crippen molar-refractivity contribution in [2.45, 2.75) is 6.92 Å². The molecule has 1 heterocycles. The molecule has 1 aliphatic rings. The van der Waals surface area contributed by atoms with Crippen molar-refractivity contribution in [1.29, 1.82) is 0 Å². The zero-order valence-electron chi connectivity index (χ0n) is 7.09. The van der Waals surface area contributed by atoms with E-state index in [-0.39, 0.29) is 6.03 Å². The topological polar surface area (TPSA) is 35.6 Å². The number of nitrogens with one attached hydrogen (secondary N) is 1. The lowest BCUT2D eigenvalue weighted by atomic mass is 10.4. The summed E-state index contributed by atoms with van der Waals surface area (Å²) in [5.41, 5.74) is 3.90. The van der Waals surface area contributed by atoms with Gasteiger partial charge in [-0.1, -0.05) is 0 Å². The lowest BCUT2D eigenvalue weighted by molar-refractivity contribution is 0.169. The summed E-state index contributed by atoms with van der Waals surface area (Å²) in [5.74, 6) is 0. The van der Waals surface area contributed by atoms with E-state index >= 15 is 0 Å². The summed E-state index contributed by atoms with van der Waals surface area (Å²) < 4.78 is 0. The standard InChI is InChI=1S/C7H13N3O/c1-6-4-5-8-10(3)7(11)9(6)2/h4,8H,5H2,1-3H3. The van der Waals surface area contributed by atoms with Gasteiger partial charge in [0.25, 0.3) is 0 Å². The summed E-state index contributed by atoms with van der Waals surface area (Å²) in [6, 6.07) is -0.0312. The molecule has 0 unspecified atom stereocenters. The molecule has 0 bridgehead atoms. The third-order valence-corrected chi connectivity index (χ3v) is 1.83. The van der Waals surface area contributed by atoms with Crippen LogP contribution >= 0.6 is 0 Å². The van der Waals surface area contributed by atoms with Crippen molar-refractivity contribution in [3.8, 4) is 0 Å². The highest BCUT2D eigenvalue weighted by Crippen LogP contribution is 2.04. The minimum atomic E-state index is -0.0312. The van der Waals surface area contributed by atoms with Gasteiger partial charge in [0.1, 0.15) is 0 Å². The molecule has 0 aromatic rings. The van der Waals surface area contributed by atoms with Crippen LogP contribution in [0, 0.1) is 0 Å². The first kappa shape index (κ1) is 8.07. The molecule has 0 radical (unpaired) electrons. The smallest absolute Gasteiger partial charge is 0.301 e. The average molecular weight is 155 g/mol. The lowest BCUT2D eigenvalue weighted by Crippen LogP contribution is -2.43. The molecule has 0 saturated carbocycles. The molecule has 0 aliphatic carbocycles. The van der Waals surface area contributed by atoms with E-state index in [4.69, 9.17) is 0 Å². The number of rotatable bonds is 0. The maximum atomic E-state index is 11.3. The Bertz CT molecular complexity index is 200. The highest BCUT2D eigenvalue weighted by Gasteiger charge is 2.16. The second-order valence-corrected chi connectivity index (χ2v) is 2.61. The fourth-order valence-electron chi connectivity index (χ4n) is 0.911. The third kappa shape index (κ3) is 1.51. The van der Waals surface area contributed by atoms with E-state index in [9.17, 15) is 4.79 Å². The molecular formula is C7H13N3O. The first-order chi connectivity index (χ1) is 5.13. The van der Waals surface area contributed by atoms with E-state index in [0.29, 0.717) is 6.54 Å². The van der Waals surface area contributed by atoms with Crippen molar-refractivity contribution in [3.05, 3.63) is 11.8 Å². The third-order valence-electron chi connectivity index (χ3n) is 1.83. The number of allylic oxidation sites excluding steroid dienone is 1. The maximum absolute atomic E-state index is 11.3. The first-order valence-electron chi connectivity index (χ1n) is 3.54. The van der Waals surface area contributed by atoms with Gasteiger partial charge in [-0.2, -0.15) is 0 Å². The Morgan fingerprint density at radius 1 is 1.55 bits per heavy atom. The maximum Gasteiger partial charge on any atom is 0.338 e. The Hall–Kier alpha value is -1.03. The molecule has 0 atom stereocenters. The fourth-order valence-corrected chi connectivity index (χ4v) is 0.911. The summed E-state index contributed by atoms with van der Waals surface area (Å²) >= 11 is 0. The van der Waals surface area contributed by atoms with Crippen LogP contribution in [0.2, 0.25) is 0 Å². The van der Waals surface area contributed by atoms with Crippen LogP contribution in [0.25, 0.3) is 0 Å². The zero-order chi connectivity index (χ0) is 8.43. The van der Waals surface area contributed by atoms with Crippen LogP contribution in [0.3, 0.4) is 0 Å². The van der Waals surface area contributed by atoms with E-state index in [1.165, 1.54) is 5.01 Å². The summed E-state index contributed by atoms with van der Waals surface area (Å²) in [6.45, 7) is 2.62. The van der Waals surface area contributed by atoms with Crippen molar-refractivity contribution in [3.63, 3.8) is 0 Å². The molecule has 0 fully saturated rings. The monoisotopic (exact) mass is 155 g/mol. The Kier molecular flexibility index (Phi) is 2.14. The van der Waals surface area contributed by atoms with Crippen molar-refractivity contribution in [2.24, 2.45) is 0 Å². The number of hydrogen-bond acceptors (Lipinski definition) is 2. The van der Waals surface area contributed by atoms with Gasteiger partial charge in [0.2, 0.25) is 0 Å². The number of hydrogen-bond donors (Lipinski definition) is 1. The van der Waals surface area contributed by atoms with Gasteiger partial charge >= 0.3 is 6.03 Å². The first-order valence-corrected chi connectivity index (χ1v) is 3.54. The van der Waals surface area contributed by atoms with E-state index < -0.39 is 0 Å². The Balaban J connectivity index is 2.79. The Morgan fingerprint density at radius 3 is 2.82 bits per heavy atom. The van der Waals surface area contributed by atoms with Crippen LogP contribution in [0.1, 0.15) is 6.92 Å². The van der Waals surface area contributed by atoms with Crippen molar-refractivity contribution in [2.75, 3.05) is 20.6 Å². The molecule has 0 aromatic carbocycles. The lowest BCUT2D eigenvalue weighted by Gasteiger charge is -2.21. The van der Waals surface area contributed by atoms with E-state index in [1.807, 2.05) is 13.0 Å². The van der Waals surface area contributed by atoms with Crippen LogP contribution < -0.4 is 5.43 Å². The molecule has 4 nitrogen and oxygen atoms in total. The summed E-state index contributed by atoms with van der Waals surface area (Å²) in [5, 5.41) is 1.48. The number of amides is 2. The Morgan fingerprint density at radius 2 is 2.18 bits per heavy atom. The van der Waals surface area contributed by atoms with E-state index in [0.717, 1.165) is 5.70 Å². The van der Waals surface area contributed by atoms with Crippen LogP contribution in [0.4, 0.5) is 4.79 Å². The van der Waals surface area contributed by atoms with Gasteiger partial charge in [0, 0.05) is 26.3 Å². The molecule has 4 heteroatoms. The van der Waals surface area contributed by atoms with Crippen molar-refractivity contribution >= 4 is 6.03 Å². The summed E-state index contributed by atoms with van der Waals surface area (Å²) in [4.78, 5) is 12.9. The number of urea groups is 1. The van der Waals surface area contributed by atoms with Crippen molar-refractivity contribution in [1.82, 2.24) is 15.3 Å². The molecule has 62 valence electrons. The Labute approximate surface area is 66.4 Å². The molecule has 0 aromatic heterocycles. The van der Waals surface area contributed by atoms with Gasteiger partial charge in [-0.15, -0.1) is 0 Å². The van der Waals surface area contributed by atoms with Crippen LogP contribution in [-0.4, -0.2) is 36.6 Å². The fraction of sp³-hybridized carbons (Fsp3) is 0.571. The second-order valence-electron chi connectivity index (χ2n) is 2.61. The predicted octanol–water partition coefficient (Wildman–Crippen LogP) is 0.392. The number of hydrazine groups is 1. The SMILES string of the molecule is CC1=CCNN(C)C(=O)N1C.